The zero-order valence-electron chi connectivity index (χ0n) is 12.1. The first-order valence-corrected chi connectivity index (χ1v) is 9.31. The van der Waals surface area contributed by atoms with E-state index in [0.717, 1.165) is 29.7 Å². The molecule has 4 bridgehead atoms. The first-order chi connectivity index (χ1) is 10.0. The molecule has 0 radical (unpaired) electrons. The minimum atomic E-state index is 0.0195. The fourth-order valence-corrected chi connectivity index (χ4v) is 6.90. The summed E-state index contributed by atoms with van der Waals surface area (Å²) in [6.45, 7) is 0. The number of hydrogen-bond acceptors (Lipinski definition) is 0. The summed E-state index contributed by atoms with van der Waals surface area (Å²) >= 11 is 19.1. The predicted octanol–water partition coefficient (Wildman–Crippen LogP) is 6.88. The lowest BCUT2D eigenvalue weighted by atomic mass is 9.48. The van der Waals surface area contributed by atoms with Crippen LogP contribution in [0.2, 0.25) is 10.0 Å². The van der Waals surface area contributed by atoms with E-state index in [9.17, 15) is 0 Å². The molecule has 1 atom stereocenters. The Bertz CT molecular complexity index is 516. The molecule has 0 heterocycles. The van der Waals surface area contributed by atoms with E-state index in [4.69, 9.17) is 34.8 Å². The van der Waals surface area contributed by atoms with Crippen molar-refractivity contribution in [2.24, 2.45) is 23.2 Å². The molecular weight excluding hydrogens is 323 g/mol. The van der Waals surface area contributed by atoms with Crippen LogP contribution in [-0.2, 0) is 0 Å². The third kappa shape index (κ3) is 2.73. The minimum Gasteiger partial charge on any atom is -0.118 e. The van der Waals surface area contributed by atoms with Crippen molar-refractivity contribution < 1.29 is 0 Å². The molecule has 0 aliphatic heterocycles. The summed E-state index contributed by atoms with van der Waals surface area (Å²) in [6, 6.07) is 5.72. The lowest BCUT2D eigenvalue weighted by Crippen LogP contribution is -2.46. The number of benzene rings is 1. The van der Waals surface area contributed by atoms with Gasteiger partial charge in [0.05, 0.1) is 5.38 Å². The molecule has 1 aromatic carbocycles. The maximum absolute atomic E-state index is 6.77. The second-order valence-corrected chi connectivity index (χ2v) is 9.13. The molecule has 21 heavy (non-hydrogen) atoms. The summed E-state index contributed by atoms with van der Waals surface area (Å²) < 4.78 is 0. The molecular formula is C18H21Cl3. The van der Waals surface area contributed by atoms with E-state index in [-0.39, 0.29) is 5.38 Å². The summed E-state index contributed by atoms with van der Waals surface area (Å²) in [7, 11) is 0. The molecule has 1 unspecified atom stereocenters. The molecule has 5 rings (SSSR count). The molecule has 0 aromatic heterocycles. The molecule has 4 aliphatic carbocycles. The molecule has 4 saturated carbocycles. The summed E-state index contributed by atoms with van der Waals surface area (Å²) in [5.41, 5.74) is 1.54. The standard InChI is InChI=1S/C18H21Cl3/c19-14-1-2-15(16(20)6-14)17(21)10-18-7-11-3-12(8-18)5-13(4-11)9-18/h1-2,6,11-13,17H,3-5,7-10H2. The maximum atomic E-state index is 6.77. The average molecular weight is 344 g/mol. The van der Waals surface area contributed by atoms with Gasteiger partial charge in [-0.05, 0) is 85.8 Å². The Kier molecular flexibility index (Phi) is 3.72. The molecule has 0 nitrogen and oxygen atoms in total. The molecule has 0 amide bonds. The van der Waals surface area contributed by atoms with Crippen LogP contribution in [0.25, 0.3) is 0 Å². The SMILES string of the molecule is Clc1ccc(C(Cl)CC23CC4CC(CC(C4)C2)C3)c(Cl)c1. The van der Waals surface area contributed by atoms with Crippen LogP contribution in [0.3, 0.4) is 0 Å². The van der Waals surface area contributed by atoms with Crippen molar-refractivity contribution in [2.75, 3.05) is 0 Å². The lowest BCUT2D eigenvalue weighted by molar-refractivity contribution is -0.0576. The van der Waals surface area contributed by atoms with E-state index < -0.39 is 0 Å². The van der Waals surface area contributed by atoms with Gasteiger partial charge in [-0.1, -0.05) is 29.3 Å². The summed E-state index contributed by atoms with van der Waals surface area (Å²) in [5.74, 6) is 2.92. The maximum Gasteiger partial charge on any atom is 0.0605 e. The Morgan fingerprint density at radius 3 is 2.10 bits per heavy atom. The van der Waals surface area contributed by atoms with Crippen molar-refractivity contribution in [3.05, 3.63) is 33.8 Å². The predicted molar refractivity (Wildman–Crippen MR) is 90.3 cm³/mol. The van der Waals surface area contributed by atoms with E-state index in [0.29, 0.717) is 15.5 Å². The van der Waals surface area contributed by atoms with Crippen molar-refractivity contribution in [1.29, 1.82) is 0 Å². The lowest BCUT2D eigenvalue weighted by Gasteiger charge is -2.57. The van der Waals surface area contributed by atoms with Crippen molar-refractivity contribution >= 4 is 34.8 Å². The molecule has 0 saturated heterocycles. The fourth-order valence-electron chi connectivity index (χ4n) is 5.79. The molecule has 4 aliphatic rings. The summed E-state index contributed by atoms with van der Waals surface area (Å²) in [6.07, 6.45) is 9.71. The summed E-state index contributed by atoms with van der Waals surface area (Å²) in [5, 5.41) is 1.42. The van der Waals surface area contributed by atoms with E-state index in [2.05, 4.69) is 0 Å². The fraction of sp³-hybridized carbons (Fsp3) is 0.667. The van der Waals surface area contributed by atoms with Crippen LogP contribution in [0.1, 0.15) is 55.9 Å². The first-order valence-electron chi connectivity index (χ1n) is 8.12. The van der Waals surface area contributed by atoms with Gasteiger partial charge in [0.25, 0.3) is 0 Å². The minimum absolute atomic E-state index is 0.0195. The van der Waals surface area contributed by atoms with Gasteiger partial charge in [0, 0.05) is 10.0 Å². The average Bonchev–Trinajstić information content (AvgIpc) is 2.35. The Labute approximate surface area is 142 Å². The van der Waals surface area contributed by atoms with E-state index in [1.54, 1.807) is 0 Å². The smallest absolute Gasteiger partial charge is 0.0605 e. The highest BCUT2D eigenvalue weighted by Crippen LogP contribution is 2.63. The number of alkyl halides is 1. The second-order valence-electron chi connectivity index (χ2n) is 7.76. The molecule has 0 N–H and O–H groups in total. The van der Waals surface area contributed by atoms with Crippen LogP contribution < -0.4 is 0 Å². The largest absolute Gasteiger partial charge is 0.118 e. The Balaban J connectivity index is 1.55. The zero-order valence-corrected chi connectivity index (χ0v) is 14.4. The highest BCUT2D eigenvalue weighted by Gasteiger charge is 2.51. The van der Waals surface area contributed by atoms with Gasteiger partial charge in [-0.2, -0.15) is 0 Å². The van der Waals surface area contributed by atoms with E-state index in [1.807, 2.05) is 18.2 Å². The summed E-state index contributed by atoms with van der Waals surface area (Å²) in [4.78, 5) is 0. The second kappa shape index (κ2) is 5.32. The highest BCUT2D eigenvalue weighted by molar-refractivity contribution is 6.35. The molecule has 1 aromatic rings. The van der Waals surface area contributed by atoms with Gasteiger partial charge in [0.2, 0.25) is 0 Å². The Morgan fingerprint density at radius 1 is 1.00 bits per heavy atom. The number of rotatable bonds is 3. The van der Waals surface area contributed by atoms with Crippen LogP contribution >= 0.6 is 34.8 Å². The van der Waals surface area contributed by atoms with Crippen molar-refractivity contribution in [3.8, 4) is 0 Å². The topological polar surface area (TPSA) is 0 Å². The third-order valence-electron chi connectivity index (χ3n) is 6.08. The van der Waals surface area contributed by atoms with Crippen LogP contribution in [0.15, 0.2) is 18.2 Å². The molecule has 114 valence electrons. The van der Waals surface area contributed by atoms with Gasteiger partial charge >= 0.3 is 0 Å². The van der Waals surface area contributed by atoms with Gasteiger partial charge in [-0.15, -0.1) is 11.6 Å². The number of hydrogen-bond donors (Lipinski definition) is 0. The van der Waals surface area contributed by atoms with Crippen LogP contribution in [0.5, 0.6) is 0 Å². The number of halogens is 3. The van der Waals surface area contributed by atoms with Crippen molar-refractivity contribution in [3.63, 3.8) is 0 Å². The first kappa shape index (κ1) is 14.7. The van der Waals surface area contributed by atoms with Crippen molar-refractivity contribution in [2.45, 2.75) is 50.3 Å². The zero-order chi connectivity index (χ0) is 14.6. The van der Waals surface area contributed by atoms with Crippen LogP contribution in [-0.4, -0.2) is 0 Å². The van der Waals surface area contributed by atoms with Crippen LogP contribution in [0.4, 0.5) is 0 Å². The quantitative estimate of drug-likeness (QED) is 0.525. The Morgan fingerprint density at radius 2 is 1.57 bits per heavy atom. The van der Waals surface area contributed by atoms with Gasteiger partial charge in [-0.3, -0.25) is 0 Å². The van der Waals surface area contributed by atoms with Gasteiger partial charge < -0.3 is 0 Å². The molecule has 3 heteroatoms. The molecule has 0 spiro atoms. The van der Waals surface area contributed by atoms with Gasteiger partial charge in [-0.25, -0.2) is 0 Å². The Hall–Kier alpha value is 0.0900. The van der Waals surface area contributed by atoms with Gasteiger partial charge in [0.1, 0.15) is 0 Å². The van der Waals surface area contributed by atoms with E-state index >= 15 is 0 Å². The monoisotopic (exact) mass is 342 g/mol. The normalized spacial score (nSPS) is 38.7. The van der Waals surface area contributed by atoms with Crippen molar-refractivity contribution in [1.82, 2.24) is 0 Å². The highest BCUT2D eigenvalue weighted by atomic mass is 35.5. The third-order valence-corrected chi connectivity index (χ3v) is 7.03. The van der Waals surface area contributed by atoms with Crippen LogP contribution in [0, 0.1) is 23.2 Å². The van der Waals surface area contributed by atoms with Gasteiger partial charge in [0.15, 0.2) is 0 Å². The molecule has 4 fully saturated rings. The van der Waals surface area contributed by atoms with E-state index in [1.165, 1.54) is 38.5 Å².